The second-order valence-electron chi connectivity index (χ2n) is 9.24. The van der Waals surface area contributed by atoms with E-state index in [1.54, 1.807) is 0 Å². The quantitative estimate of drug-likeness (QED) is 0.213. The number of hydrogen-bond donors (Lipinski definition) is 1. The van der Waals surface area contributed by atoms with Crippen LogP contribution in [0.15, 0.2) is 20.9 Å². The third-order valence-corrected chi connectivity index (χ3v) is 5.50. The predicted molar refractivity (Wildman–Crippen MR) is 140 cm³/mol. The lowest BCUT2D eigenvalue weighted by atomic mass is 10.00. The maximum Gasteiger partial charge on any atom is 0.328 e. The average molecular weight is 613 g/mol. The fraction of sp³-hybridized carbons (Fsp3) is 0.560. The Morgan fingerprint density at radius 2 is 1.42 bits per heavy atom. The highest BCUT2D eigenvalue weighted by Gasteiger charge is 2.51. The first-order valence-electron chi connectivity index (χ1n) is 12.7. The summed E-state index contributed by atoms with van der Waals surface area (Å²) in [6.07, 6.45) is -7.54. The number of amides is 1. The zero-order valence-electron chi connectivity index (χ0n) is 24.4. The summed E-state index contributed by atoms with van der Waals surface area (Å²) in [5.41, 5.74) is -1.26. The lowest BCUT2D eigenvalue weighted by Crippen LogP contribution is -2.59. The van der Waals surface area contributed by atoms with Crippen LogP contribution >= 0.6 is 0 Å². The predicted octanol–water partition coefficient (Wildman–Crippen LogP) is -1.35. The summed E-state index contributed by atoms with van der Waals surface area (Å²) >= 11 is 0. The Balaban J connectivity index is 2.64. The fourth-order valence-corrected chi connectivity index (χ4v) is 3.94. The summed E-state index contributed by atoms with van der Waals surface area (Å²) in [5.74, 6) is -5.67. The van der Waals surface area contributed by atoms with Crippen LogP contribution < -0.4 is 11.2 Å². The van der Waals surface area contributed by atoms with E-state index >= 15 is 0 Å². The first kappa shape index (κ1) is 34.2. The first-order chi connectivity index (χ1) is 20.0. The monoisotopic (exact) mass is 612 g/mol. The number of carbonyl (C=O) groups is 6. The Kier molecular flexibility index (Phi) is 11.7. The molecule has 0 fully saturated rings. The van der Waals surface area contributed by atoms with Gasteiger partial charge in [-0.05, 0) is 6.92 Å². The molecule has 0 aromatic carbocycles. The third-order valence-electron chi connectivity index (χ3n) is 5.50. The molecule has 2 heterocycles. The normalized spacial score (nSPS) is 16.9. The topological polar surface area (TPSA) is 228 Å². The van der Waals surface area contributed by atoms with Gasteiger partial charge in [0.25, 0.3) is 5.56 Å². The van der Waals surface area contributed by atoms with Gasteiger partial charge in [-0.1, -0.05) is 0 Å². The third kappa shape index (κ3) is 9.79. The Labute approximate surface area is 243 Å². The van der Waals surface area contributed by atoms with E-state index in [1.807, 2.05) is 0 Å². The van der Waals surface area contributed by atoms with E-state index in [-0.39, 0.29) is 11.5 Å². The van der Waals surface area contributed by atoms with Crippen molar-refractivity contribution in [3.8, 4) is 0 Å². The molecule has 18 heteroatoms. The zero-order chi connectivity index (χ0) is 32.6. The fourth-order valence-electron chi connectivity index (χ4n) is 3.94. The van der Waals surface area contributed by atoms with Crippen molar-refractivity contribution in [1.29, 1.82) is 0 Å². The maximum absolute atomic E-state index is 12.6. The molecule has 0 saturated heterocycles. The number of nitrogens with one attached hydrogen (secondary N) is 1. The van der Waals surface area contributed by atoms with Crippen LogP contribution in [0, 0.1) is 6.92 Å². The minimum Gasteiger partial charge on any atom is -0.462 e. The van der Waals surface area contributed by atoms with E-state index in [4.69, 9.17) is 28.4 Å². The van der Waals surface area contributed by atoms with E-state index in [9.17, 15) is 38.4 Å². The van der Waals surface area contributed by atoms with Crippen LogP contribution in [-0.4, -0.2) is 93.5 Å². The van der Waals surface area contributed by atoms with Gasteiger partial charge in [-0.15, -0.1) is 5.10 Å². The van der Waals surface area contributed by atoms with E-state index in [1.165, 1.54) is 13.1 Å². The van der Waals surface area contributed by atoms with Crippen molar-refractivity contribution in [1.82, 2.24) is 14.6 Å². The molecule has 18 nitrogen and oxygen atoms in total. The van der Waals surface area contributed by atoms with Gasteiger partial charge in [0.15, 0.2) is 24.4 Å². The molecule has 1 aromatic heterocycles. The lowest BCUT2D eigenvalue weighted by molar-refractivity contribution is -0.216. The molecule has 1 N–H and O–H groups in total. The largest absolute Gasteiger partial charge is 0.462 e. The van der Waals surface area contributed by atoms with Crippen molar-refractivity contribution in [2.75, 3.05) is 6.61 Å². The summed E-state index contributed by atoms with van der Waals surface area (Å²) in [7, 11) is 0. The number of H-pyrrole nitrogens is 1. The molecule has 0 radical (unpaired) electrons. The highest BCUT2D eigenvalue weighted by Crippen LogP contribution is 2.28. The molecule has 1 aliphatic heterocycles. The van der Waals surface area contributed by atoms with Crippen LogP contribution in [0.2, 0.25) is 0 Å². The minimum atomic E-state index is -1.86. The van der Waals surface area contributed by atoms with Gasteiger partial charge in [0, 0.05) is 53.3 Å². The van der Waals surface area contributed by atoms with Crippen LogP contribution in [0.4, 0.5) is 0 Å². The second kappa shape index (κ2) is 14.7. The molecule has 43 heavy (non-hydrogen) atoms. The Bertz CT molecular complexity index is 1410. The van der Waals surface area contributed by atoms with Crippen LogP contribution in [0.1, 0.15) is 47.1 Å². The number of aromatic nitrogens is 2. The molecule has 0 aliphatic carbocycles. The molecule has 0 spiro atoms. The van der Waals surface area contributed by atoms with Crippen LogP contribution in [0.3, 0.4) is 0 Å². The van der Waals surface area contributed by atoms with E-state index in [0.717, 1.165) is 51.1 Å². The van der Waals surface area contributed by atoms with Crippen molar-refractivity contribution in [2.45, 2.75) is 85.7 Å². The second-order valence-corrected chi connectivity index (χ2v) is 9.24. The molecule has 1 unspecified atom stereocenters. The maximum atomic E-state index is 12.6. The van der Waals surface area contributed by atoms with Crippen LogP contribution in [0.5, 0.6) is 0 Å². The summed E-state index contributed by atoms with van der Waals surface area (Å²) in [5, 5.41) is 4.78. The molecule has 2 rings (SSSR count). The summed E-state index contributed by atoms with van der Waals surface area (Å²) in [4.78, 5) is 98.9. The summed E-state index contributed by atoms with van der Waals surface area (Å²) in [6.45, 7) is 6.44. The van der Waals surface area contributed by atoms with Crippen LogP contribution in [-0.2, 0) is 63.7 Å². The number of aromatic amines is 1. The SMILES string of the molecule is CC(=O)OC[C@@H](OC(C)=O)[C@@H](OC(C)=O)[C@H](OC(C)=O)[C@H](OC(C)=O)C1OC(Cn2cc(C)c(=O)[nH]c2=O)=NN1C(C)=O. The summed E-state index contributed by atoms with van der Waals surface area (Å²) < 4.78 is 33.1. The van der Waals surface area contributed by atoms with Crippen LogP contribution in [0.25, 0.3) is 0 Å². The summed E-state index contributed by atoms with van der Waals surface area (Å²) in [6, 6.07) is 0. The highest BCUT2D eigenvalue weighted by molar-refractivity contribution is 5.82. The molecule has 236 valence electrons. The Morgan fingerprint density at radius 1 is 0.860 bits per heavy atom. The van der Waals surface area contributed by atoms with Crippen molar-refractivity contribution in [2.24, 2.45) is 5.10 Å². The molecule has 1 aromatic rings. The number of rotatable bonds is 12. The number of esters is 5. The number of carbonyl (C=O) groups excluding carboxylic acids is 6. The van der Waals surface area contributed by atoms with Gasteiger partial charge in [0.05, 0.1) is 0 Å². The number of aryl methyl sites for hydroxylation is 1. The van der Waals surface area contributed by atoms with Crippen molar-refractivity contribution in [3.63, 3.8) is 0 Å². The van der Waals surface area contributed by atoms with E-state index < -0.39 is 90.8 Å². The van der Waals surface area contributed by atoms with Gasteiger partial charge in [0.2, 0.25) is 18.0 Å². The van der Waals surface area contributed by atoms with Gasteiger partial charge in [-0.3, -0.25) is 43.1 Å². The van der Waals surface area contributed by atoms with Gasteiger partial charge in [-0.25, -0.2) is 4.79 Å². The van der Waals surface area contributed by atoms with Gasteiger partial charge < -0.3 is 28.4 Å². The van der Waals surface area contributed by atoms with E-state index in [0.29, 0.717) is 0 Å². The van der Waals surface area contributed by atoms with Gasteiger partial charge >= 0.3 is 35.5 Å². The minimum absolute atomic E-state index is 0.180. The average Bonchev–Trinajstić information content (AvgIpc) is 3.29. The van der Waals surface area contributed by atoms with Gasteiger partial charge in [-0.2, -0.15) is 5.01 Å². The van der Waals surface area contributed by atoms with Crippen molar-refractivity contribution in [3.05, 3.63) is 32.6 Å². The van der Waals surface area contributed by atoms with E-state index in [2.05, 4.69) is 10.1 Å². The van der Waals surface area contributed by atoms with Crippen molar-refractivity contribution >= 4 is 41.7 Å². The lowest BCUT2D eigenvalue weighted by Gasteiger charge is -2.37. The Hall–Kier alpha value is -5.03. The number of hydrogen-bond acceptors (Lipinski definition) is 15. The smallest absolute Gasteiger partial charge is 0.328 e. The molecular weight excluding hydrogens is 580 g/mol. The highest BCUT2D eigenvalue weighted by atomic mass is 16.6. The number of hydrazone groups is 1. The molecule has 0 bridgehead atoms. The molecule has 5 atom stereocenters. The number of ether oxygens (including phenoxy) is 6. The molecular formula is C25H32N4O14. The molecule has 1 aliphatic rings. The zero-order valence-corrected chi connectivity index (χ0v) is 24.4. The first-order valence-corrected chi connectivity index (χ1v) is 12.7. The Morgan fingerprint density at radius 3 is 1.93 bits per heavy atom. The molecule has 1 amide bonds. The van der Waals surface area contributed by atoms with Gasteiger partial charge in [0.1, 0.15) is 13.2 Å². The van der Waals surface area contributed by atoms with Crippen molar-refractivity contribution < 1.29 is 57.2 Å². The number of nitrogens with zero attached hydrogens (tertiary/aromatic N) is 3. The molecule has 0 saturated carbocycles. The standard InChI is InChI=1S/C25H32N4O14/c1-11-8-28(25(37)26-23(11)36)9-19-27-29(12(2)30)24(43-19)22(42-17(7)35)21(41-16(6)34)20(40-15(5)33)18(39-14(4)32)10-38-13(3)31/h8,18,20-22,24H,9-10H2,1-7H3,(H,26,36,37)/t18-,20-,21+,22+,24?/m1/s1.